The molecular weight excluding hydrogens is 338 g/mol. The van der Waals surface area contributed by atoms with Crippen LogP contribution in [0.5, 0.6) is 0 Å². The molecule has 6 heteroatoms. The van der Waals surface area contributed by atoms with Gasteiger partial charge in [0.25, 0.3) is 0 Å². The highest BCUT2D eigenvalue weighted by Gasteiger charge is 2.19. The van der Waals surface area contributed by atoms with Gasteiger partial charge in [0.2, 0.25) is 5.91 Å². The minimum absolute atomic E-state index is 0.193. The molecule has 3 N–H and O–H groups in total. The summed E-state index contributed by atoms with van der Waals surface area (Å²) in [5, 5.41) is 9.95. The zero-order valence-corrected chi connectivity index (χ0v) is 17.6. The Morgan fingerprint density at radius 3 is 2.44 bits per heavy atom. The minimum Gasteiger partial charge on any atom is -0.357 e. The zero-order chi connectivity index (χ0) is 19.3. The molecule has 156 valence electrons. The van der Waals surface area contributed by atoms with E-state index in [-0.39, 0.29) is 5.91 Å². The summed E-state index contributed by atoms with van der Waals surface area (Å²) in [7, 11) is 0. The number of hydrogen-bond donors (Lipinski definition) is 3. The van der Waals surface area contributed by atoms with Gasteiger partial charge in [-0.2, -0.15) is 0 Å². The lowest BCUT2D eigenvalue weighted by molar-refractivity contribution is -0.122. The number of nitrogens with one attached hydrogen (secondary N) is 3. The number of aliphatic imine (C=N–C) groups is 1. The highest BCUT2D eigenvalue weighted by atomic mass is 16.1. The van der Waals surface area contributed by atoms with E-state index < -0.39 is 0 Å². The summed E-state index contributed by atoms with van der Waals surface area (Å²) in [6.07, 6.45) is 10.6. The Bertz CT molecular complexity index is 440. The number of guanidine groups is 1. The number of nitrogens with zero attached hydrogens (tertiary/aromatic N) is 2. The summed E-state index contributed by atoms with van der Waals surface area (Å²) in [5.74, 6) is 1.67. The van der Waals surface area contributed by atoms with Gasteiger partial charge < -0.3 is 20.9 Å². The molecule has 0 unspecified atom stereocenters. The Balaban J connectivity index is 1.64. The van der Waals surface area contributed by atoms with Crippen LogP contribution in [-0.4, -0.2) is 62.1 Å². The number of carbonyl (C=O) groups is 1. The first-order valence-electron chi connectivity index (χ1n) is 11.2. The second-order valence-electron chi connectivity index (χ2n) is 8.08. The molecule has 0 atom stereocenters. The number of amides is 1. The molecule has 2 rings (SSSR count). The highest BCUT2D eigenvalue weighted by Crippen LogP contribution is 2.25. The van der Waals surface area contributed by atoms with Crippen LogP contribution in [0.1, 0.15) is 71.6 Å². The van der Waals surface area contributed by atoms with Crippen LogP contribution in [0.2, 0.25) is 0 Å². The van der Waals surface area contributed by atoms with Gasteiger partial charge in [-0.25, -0.2) is 0 Å². The third-order valence-electron chi connectivity index (χ3n) is 5.72. The molecule has 1 saturated heterocycles. The fourth-order valence-corrected chi connectivity index (χ4v) is 4.22. The van der Waals surface area contributed by atoms with E-state index in [2.05, 4.69) is 39.7 Å². The Morgan fingerprint density at radius 1 is 1.04 bits per heavy atom. The average molecular weight is 380 g/mol. The lowest BCUT2D eigenvalue weighted by Gasteiger charge is -2.32. The van der Waals surface area contributed by atoms with Crippen LogP contribution in [0.4, 0.5) is 0 Å². The molecule has 0 radical (unpaired) electrons. The van der Waals surface area contributed by atoms with Crippen LogP contribution in [0.15, 0.2) is 4.99 Å². The van der Waals surface area contributed by atoms with E-state index in [1.807, 2.05) is 0 Å². The van der Waals surface area contributed by atoms with Crippen molar-refractivity contribution >= 4 is 11.9 Å². The SMILES string of the molecule is CCCN1CCC(NC(=NCCNC(=O)CC2CCCCC2)NCC)CC1. The Kier molecular flexibility index (Phi) is 10.6. The molecule has 1 aliphatic heterocycles. The van der Waals surface area contributed by atoms with Crippen molar-refractivity contribution in [1.29, 1.82) is 0 Å². The lowest BCUT2D eigenvalue weighted by atomic mass is 9.87. The monoisotopic (exact) mass is 379 g/mol. The van der Waals surface area contributed by atoms with Crippen molar-refractivity contribution in [3.63, 3.8) is 0 Å². The smallest absolute Gasteiger partial charge is 0.220 e. The average Bonchev–Trinajstić information content (AvgIpc) is 2.68. The number of piperidine rings is 1. The third-order valence-corrected chi connectivity index (χ3v) is 5.72. The minimum atomic E-state index is 0.193. The summed E-state index contributed by atoms with van der Waals surface area (Å²) in [4.78, 5) is 19.3. The van der Waals surface area contributed by atoms with Crippen molar-refractivity contribution in [2.45, 2.75) is 77.7 Å². The normalized spacial score (nSPS) is 20.4. The Hall–Kier alpha value is -1.30. The van der Waals surface area contributed by atoms with Crippen molar-refractivity contribution in [2.24, 2.45) is 10.9 Å². The van der Waals surface area contributed by atoms with Crippen LogP contribution < -0.4 is 16.0 Å². The maximum absolute atomic E-state index is 12.1. The molecule has 1 heterocycles. The van der Waals surface area contributed by atoms with E-state index in [1.165, 1.54) is 71.0 Å². The van der Waals surface area contributed by atoms with Crippen LogP contribution in [0, 0.1) is 5.92 Å². The maximum Gasteiger partial charge on any atom is 0.220 e. The van der Waals surface area contributed by atoms with E-state index in [0.717, 1.165) is 12.5 Å². The van der Waals surface area contributed by atoms with Gasteiger partial charge in [0.05, 0.1) is 6.54 Å². The van der Waals surface area contributed by atoms with E-state index in [0.29, 0.717) is 31.5 Å². The summed E-state index contributed by atoms with van der Waals surface area (Å²) < 4.78 is 0. The summed E-state index contributed by atoms with van der Waals surface area (Å²) in [6.45, 7) is 9.99. The molecule has 1 amide bonds. The summed E-state index contributed by atoms with van der Waals surface area (Å²) >= 11 is 0. The van der Waals surface area contributed by atoms with Crippen LogP contribution >= 0.6 is 0 Å². The molecule has 6 nitrogen and oxygen atoms in total. The molecule has 2 fully saturated rings. The second-order valence-corrected chi connectivity index (χ2v) is 8.08. The fraction of sp³-hybridized carbons (Fsp3) is 0.905. The molecular formula is C21H41N5O. The van der Waals surface area contributed by atoms with Gasteiger partial charge in [-0.3, -0.25) is 9.79 Å². The maximum atomic E-state index is 12.1. The van der Waals surface area contributed by atoms with Crippen molar-refractivity contribution < 1.29 is 4.79 Å². The first-order valence-corrected chi connectivity index (χ1v) is 11.2. The first kappa shape index (κ1) is 22.0. The highest BCUT2D eigenvalue weighted by molar-refractivity contribution is 5.80. The van der Waals surface area contributed by atoms with Gasteiger partial charge in [-0.05, 0) is 51.5 Å². The molecule has 1 saturated carbocycles. The molecule has 0 spiro atoms. The standard InChI is InChI=1S/C21H41N5O/c1-3-14-26-15-10-19(11-16-26)25-21(22-4-2)24-13-12-23-20(27)17-18-8-6-5-7-9-18/h18-19H,3-17H2,1-2H3,(H,23,27)(H2,22,24,25). The van der Waals surface area contributed by atoms with Gasteiger partial charge in [0, 0.05) is 38.6 Å². The van der Waals surface area contributed by atoms with Gasteiger partial charge in [0.1, 0.15) is 0 Å². The molecule has 0 aromatic rings. The number of likely N-dealkylation sites (tertiary alicyclic amines) is 1. The predicted molar refractivity (Wildman–Crippen MR) is 113 cm³/mol. The second kappa shape index (κ2) is 13.0. The Labute approximate surface area is 165 Å². The van der Waals surface area contributed by atoms with Crippen molar-refractivity contribution in [3.05, 3.63) is 0 Å². The van der Waals surface area contributed by atoms with Gasteiger partial charge in [-0.15, -0.1) is 0 Å². The predicted octanol–water partition coefficient (Wildman–Crippen LogP) is 2.50. The quantitative estimate of drug-likeness (QED) is 0.327. The zero-order valence-electron chi connectivity index (χ0n) is 17.6. The molecule has 0 bridgehead atoms. The molecule has 27 heavy (non-hydrogen) atoms. The van der Waals surface area contributed by atoms with Crippen LogP contribution in [-0.2, 0) is 4.79 Å². The van der Waals surface area contributed by atoms with Crippen molar-refractivity contribution in [1.82, 2.24) is 20.9 Å². The Morgan fingerprint density at radius 2 is 1.78 bits per heavy atom. The van der Waals surface area contributed by atoms with E-state index >= 15 is 0 Å². The summed E-state index contributed by atoms with van der Waals surface area (Å²) in [5.41, 5.74) is 0. The fourth-order valence-electron chi connectivity index (χ4n) is 4.22. The largest absolute Gasteiger partial charge is 0.357 e. The van der Waals surface area contributed by atoms with E-state index in [4.69, 9.17) is 0 Å². The number of hydrogen-bond acceptors (Lipinski definition) is 3. The van der Waals surface area contributed by atoms with Gasteiger partial charge in [0.15, 0.2) is 5.96 Å². The lowest BCUT2D eigenvalue weighted by Crippen LogP contribution is -2.49. The molecule has 0 aromatic carbocycles. The molecule has 1 aliphatic carbocycles. The van der Waals surface area contributed by atoms with Gasteiger partial charge in [-0.1, -0.05) is 26.2 Å². The summed E-state index contributed by atoms with van der Waals surface area (Å²) in [6, 6.07) is 0.497. The van der Waals surface area contributed by atoms with E-state index in [9.17, 15) is 4.79 Å². The molecule has 2 aliphatic rings. The molecule has 0 aromatic heterocycles. The number of rotatable bonds is 9. The first-order chi connectivity index (χ1) is 13.2. The third kappa shape index (κ3) is 8.96. The van der Waals surface area contributed by atoms with Crippen molar-refractivity contribution in [2.75, 3.05) is 39.3 Å². The van der Waals surface area contributed by atoms with E-state index in [1.54, 1.807) is 0 Å². The van der Waals surface area contributed by atoms with Crippen LogP contribution in [0.3, 0.4) is 0 Å². The van der Waals surface area contributed by atoms with Gasteiger partial charge >= 0.3 is 0 Å². The van der Waals surface area contributed by atoms with Crippen LogP contribution in [0.25, 0.3) is 0 Å². The number of carbonyl (C=O) groups excluding carboxylic acids is 1. The van der Waals surface area contributed by atoms with Crippen molar-refractivity contribution in [3.8, 4) is 0 Å². The topological polar surface area (TPSA) is 68.8 Å².